The topological polar surface area (TPSA) is 66.4 Å². The first-order valence-corrected chi connectivity index (χ1v) is 7.01. The summed E-state index contributed by atoms with van der Waals surface area (Å²) in [6.07, 6.45) is 3.38. The Morgan fingerprint density at radius 3 is 2.42 bits per heavy atom. The molecular weight excluding hydrogens is 283 g/mol. The Morgan fingerprint density at radius 1 is 1.21 bits per heavy atom. The average molecular weight is 299 g/mol. The number of hydrogen-bond donors (Lipinski definition) is 2. The lowest BCUT2D eigenvalue weighted by molar-refractivity contribution is -0.143. The lowest BCUT2D eigenvalue weighted by Crippen LogP contribution is -2.43. The van der Waals surface area contributed by atoms with Gasteiger partial charge >= 0.3 is 11.5 Å². The van der Waals surface area contributed by atoms with Crippen molar-refractivity contribution in [2.75, 3.05) is 5.75 Å². The van der Waals surface area contributed by atoms with E-state index < -0.39 is 46.9 Å². The Bertz CT molecular complexity index is 336. The van der Waals surface area contributed by atoms with Crippen LogP contribution in [0.3, 0.4) is 0 Å². The largest absolute Gasteiger partial charge is 0.481 e. The highest BCUT2D eigenvalue weighted by atomic mass is 32.2. The van der Waals surface area contributed by atoms with Crippen molar-refractivity contribution in [1.29, 1.82) is 0 Å². The van der Waals surface area contributed by atoms with Gasteiger partial charge in [-0.25, -0.2) is 0 Å². The van der Waals surface area contributed by atoms with Gasteiger partial charge in [0.05, 0.1) is 11.7 Å². The second-order valence-corrected chi connectivity index (χ2v) is 5.53. The van der Waals surface area contributed by atoms with Gasteiger partial charge in [-0.05, 0) is 24.6 Å². The Labute approximate surface area is 113 Å². The van der Waals surface area contributed by atoms with Gasteiger partial charge in [0.25, 0.3) is 0 Å². The fraction of sp³-hybridized carbons (Fsp3) is 0.818. The van der Waals surface area contributed by atoms with Crippen molar-refractivity contribution in [3.63, 3.8) is 0 Å². The van der Waals surface area contributed by atoms with Crippen molar-refractivity contribution in [2.24, 2.45) is 5.92 Å². The zero-order valence-corrected chi connectivity index (χ0v) is 11.0. The predicted molar refractivity (Wildman–Crippen MR) is 64.7 cm³/mol. The van der Waals surface area contributed by atoms with E-state index in [1.54, 1.807) is 0 Å². The molecular formula is C11H16F3NO3S. The molecule has 0 aliphatic heterocycles. The summed E-state index contributed by atoms with van der Waals surface area (Å²) < 4.78 is 35.9. The number of carbonyl (C=O) groups excluding carboxylic acids is 1. The summed E-state index contributed by atoms with van der Waals surface area (Å²) in [7, 11) is 0. The Balaban J connectivity index is 2.51. The van der Waals surface area contributed by atoms with Crippen molar-refractivity contribution in [1.82, 2.24) is 5.32 Å². The summed E-state index contributed by atoms with van der Waals surface area (Å²) in [4.78, 5) is 22.5. The van der Waals surface area contributed by atoms with E-state index in [2.05, 4.69) is 5.32 Å². The molecule has 0 bridgehead atoms. The molecule has 0 aromatic carbocycles. The van der Waals surface area contributed by atoms with E-state index in [9.17, 15) is 22.8 Å². The Hall–Kier alpha value is -0.920. The van der Waals surface area contributed by atoms with Gasteiger partial charge in [0.15, 0.2) is 0 Å². The Morgan fingerprint density at radius 2 is 1.84 bits per heavy atom. The summed E-state index contributed by atoms with van der Waals surface area (Å²) in [5.41, 5.74) is -4.45. The maximum atomic E-state index is 12.0. The van der Waals surface area contributed by atoms with Crippen LogP contribution in [0.2, 0.25) is 0 Å². The molecule has 1 rings (SSSR count). The molecule has 0 heterocycles. The number of carbonyl (C=O) groups is 2. The van der Waals surface area contributed by atoms with Crippen LogP contribution in [0.25, 0.3) is 0 Å². The highest BCUT2D eigenvalue weighted by Crippen LogP contribution is 2.30. The van der Waals surface area contributed by atoms with Crippen molar-refractivity contribution >= 4 is 23.6 Å². The molecule has 110 valence electrons. The highest BCUT2D eigenvalue weighted by Gasteiger charge is 2.33. The average Bonchev–Trinajstić information content (AvgIpc) is 2.51. The van der Waals surface area contributed by atoms with Crippen LogP contribution in [0, 0.1) is 5.92 Å². The number of carboxylic acid groups (broad SMARTS) is 1. The van der Waals surface area contributed by atoms with Gasteiger partial charge in [0.1, 0.15) is 0 Å². The van der Waals surface area contributed by atoms with E-state index in [1.165, 1.54) is 0 Å². The first-order valence-electron chi connectivity index (χ1n) is 6.02. The molecule has 0 radical (unpaired) electrons. The maximum Gasteiger partial charge on any atom is 0.442 e. The number of alkyl halides is 3. The summed E-state index contributed by atoms with van der Waals surface area (Å²) in [5, 5.41) is 11.5. The van der Waals surface area contributed by atoms with Gasteiger partial charge in [-0.15, -0.1) is 0 Å². The number of aliphatic carboxylic acids is 1. The molecule has 0 spiro atoms. The number of rotatable bonds is 4. The quantitative estimate of drug-likeness (QED) is 0.782. The van der Waals surface area contributed by atoms with Crippen LogP contribution < -0.4 is 5.32 Å². The van der Waals surface area contributed by atoms with Crippen molar-refractivity contribution in [3.8, 4) is 0 Å². The van der Waals surface area contributed by atoms with E-state index in [0.717, 1.165) is 19.3 Å². The number of thioether (sulfide) groups is 1. The Kier molecular flexibility index (Phi) is 5.96. The molecule has 0 saturated heterocycles. The minimum atomic E-state index is -4.45. The predicted octanol–water partition coefficient (Wildman–Crippen LogP) is 2.39. The van der Waals surface area contributed by atoms with Crippen LogP contribution in [0.1, 0.15) is 32.1 Å². The third kappa shape index (κ3) is 6.17. The third-order valence-electron chi connectivity index (χ3n) is 3.05. The van der Waals surface area contributed by atoms with Gasteiger partial charge in [-0.2, -0.15) is 13.2 Å². The van der Waals surface area contributed by atoms with E-state index in [4.69, 9.17) is 5.11 Å². The molecule has 8 heteroatoms. The van der Waals surface area contributed by atoms with Crippen molar-refractivity contribution in [2.45, 2.75) is 43.7 Å². The molecule has 0 aromatic heterocycles. The minimum Gasteiger partial charge on any atom is -0.481 e. The second kappa shape index (κ2) is 7.02. The number of hydrogen-bond acceptors (Lipinski definition) is 3. The number of amides is 1. The van der Waals surface area contributed by atoms with Crippen LogP contribution in [0.5, 0.6) is 0 Å². The highest BCUT2D eigenvalue weighted by molar-refractivity contribution is 8.00. The van der Waals surface area contributed by atoms with Crippen molar-refractivity contribution < 1.29 is 27.9 Å². The summed E-state index contributed by atoms with van der Waals surface area (Å²) in [5.74, 6) is -3.20. The SMILES string of the molecule is O=C(CSC(F)(F)F)N[C@H]1CCCCC[C@H]1C(=O)O. The van der Waals surface area contributed by atoms with Crippen LogP contribution in [-0.4, -0.2) is 34.3 Å². The van der Waals surface area contributed by atoms with Crippen LogP contribution in [-0.2, 0) is 9.59 Å². The molecule has 1 saturated carbocycles. The van der Waals surface area contributed by atoms with Crippen LogP contribution >= 0.6 is 11.8 Å². The second-order valence-electron chi connectivity index (χ2n) is 4.49. The molecule has 19 heavy (non-hydrogen) atoms. The lowest BCUT2D eigenvalue weighted by Gasteiger charge is -2.22. The number of carboxylic acids is 1. The standard InChI is InChI=1S/C11H16F3NO3S/c12-11(13,14)19-6-9(16)15-8-5-3-1-2-4-7(8)10(17)18/h7-8H,1-6H2,(H,15,16)(H,17,18)/t7-,8+/m1/s1. The van der Waals surface area contributed by atoms with Gasteiger partial charge in [-0.1, -0.05) is 19.3 Å². The smallest absolute Gasteiger partial charge is 0.442 e. The summed E-state index contributed by atoms with van der Waals surface area (Å²) in [6.45, 7) is 0. The molecule has 2 N–H and O–H groups in total. The van der Waals surface area contributed by atoms with E-state index in [0.29, 0.717) is 12.8 Å². The number of halogens is 3. The molecule has 0 aromatic rings. The van der Waals surface area contributed by atoms with E-state index in [1.807, 2.05) is 0 Å². The van der Waals surface area contributed by atoms with E-state index in [-0.39, 0.29) is 0 Å². The third-order valence-corrected chi connectivity index (χ3v) is 3.78. The van der Waals surface area contributed by atoms with Crippen LogP contribution in [0.15, 0.2) is 0 Å². The molecule has 1 amide bonds. The van der Waals surface area contributed by atoms with Crippen LogP contribution in [0.4, 0.5) is 13.2 Å². The van der Waals surface area contributed by atoms with Gasteiger partial charge in [0, 0.05) is 6.04 Å². The number of nitrogens with one attached hydrogen (secondary N) is 1. The molecule has 1 aliphatic rings. The molecule has 1 fully saturated rings. The van der Waals surface area contributed by atoms with E-state index >= 15 is 0 Å². The zero-order chi connectivity index (χ0) is 14.5. The van der Waals surface area contributed by atoms with Gasteiger partial charge in [0.2, 0.25) is 5.91 Å². The first-order chi connectivity index (χ1) is 8.79. The van der Waals surface area contributed by atoms with Crippen molar-refractivity contribution in [3.05, 3.63) is 0 Å². The molecule has 0 unspecified atom stereocenters. The first kappa shape index (κ1) is 16.1. The zero-order valence-electron chi connectivity index (χ0n) is 10.2. The molecule has 2 atom stereocenters. The molecule has 1 aliphatic carbocycles. The lowest BCUT2D eigenvalue weighted by atomic mass is 9.95. The minimum absolute atomic E-state index is 0.414. The normalized spacial score (nSPS) is 24.6. The monoisotopic (exact) mass is 299 g/mol. The van der Waals surface area contributed by atoms with Gasteiger partial charge < -0.3 is 10.4 Å². The fourth-order valence-corrected chi connectivity index (χ4v) is 2.55. The summed E-state index contributed by atoms with van der Waals surface area (Å²) in [6, 6.07) is -0.568. The maximum absolute atomic E-state index is 12.0. The van der Waals surface area contributed by atoms with Gasteiger partial charge in [-0.3, -0.25) is 9.59 Å². The molecule has 4 nitrogen and oxygen atoms in total. The fourth-order valence-electron chi connectivity index (χ4n) is 2.17. The summed E-state index contributed by atoms with van der Waals surface area (Å²) >= 11 is -0.414.